The minimum absolute atomic E-state index is 0.0475. The lowest BCUT2D eigenvalue weighted by Gasteiger charge is -2.36. The van der Waals surface area contributed by atoms with Crippen LogP contribution in [0.4, 0.5) is 16.0 Å². The molecule has 0 spiro atoms. The number of rotatable bonds is 3. The summed E-state index contributed by atoms with van der Waals surface area (Å²) in [5.41, 5.74) is 1.87. The summed E-state index contributed by atoms with van der Waals surface area (Å²) in [4.78, 5) is 27.8. The van der Waals surface area contributed by atoms with E-state index in [1.54, 1.807) is 23.2 Å². The Kier molecular flexibility index (Phi) is 4.92. The monoisotopic (exact) mass is 369 g/mol. The van der Waals surface area contributed by atoms with Crippen LogP contribution >= 0.6 is 0 Å². The molecule has 0 atom stereocenters. The van der Waals surface area contributed by atoms with E-state index in [0.717, 1.165) is 25.9 Å². The minimum atomic E-state index is -0.223. The zero-order valence-electron chi connectivity index (χ0n) is 15.6. The summed E-state index contributed by atoms with van der Waals surface area (Å²) in [6.45, 7) is 6.15. The second-order valence-corrected chi connectivity index (χ2v) is 7.09. The van der Waals surface area contributed by atoms with Crippen molar-refractivity contribution in [2.24, 2.45) is 0 Å². The smallest absolute Gasteiger partial charge is 0.257 e. The number of hydrogen-bond donors (Lipinski definition) is 0. The number of hydrogen-bond acceptors (Lipinski definition) is 5. The van der Waals surface area contributed by atoms with E-state index in [2.05, 4.69) is 14.9 Å². The van der Waals surface area contributed by atoms with E-state index in [0.29, 0.717) is 49.1 Å². The summed E-state index contributed by atoms with van der Waals surface area (Å²) in [7, 11) is 0. The van der Waals surface area contributed by atoms with Crippen LogP contribution in [-0.4, -0.2) is 60.0 Å². The van der Waals surface area contributed by atoms with Gasteiger partial charge in [0.05, 0.1) is 16.9 Å². The zero-order valence-corrected chi connectivity index (χ0v) is 15.6. The lowest BCUT2D eigenvalue weighted by molar-refractivity contribution is 0.0745. The molecule has 142 valence electrons. The molecule has 0 saturated carbocycles. The van der Waals surface area contributed by atoms with Crippen LogP contribution in [0.3, 0.4) is 0 Å². The molecule has 2 aliphatic rings. The van der Waals surface area contributed by atoms with Crippen molar-refractivity contribution in [2.45, 2.75) is 19.8 Å². The van der Waals surface area contributed by atoms with Gasteiger partial charge in [0.2, 0.25) is 5.95 Å². The largest absolute Gasteiger partial charge is 0.366 e. The van der Waals surface area contributed by atoms with E-state index in [4.69, 9.17) is 0 Å². The molecule has 4 rings (SSSR count). The standard InChI is InChI=1S/C20H24FN5O/c1-15-16(14-22-20(23-15)26-8-4-5-9-26)19(27)25-12-10-24(11-13-25)18-7-3-2-6-17(18)21/h2-3,6-7,14H,4-5,8-13H2,1H3. The first-order chi connectivity index (χ1) is 13.1. The average molecular weight is 369 g/mol. The maximum absolute atomic E-state index is 14.0. The highest BCUT2D eigenvalue weighted by atomic mass is 19.1. The van der Waals surface area contributed by atoms with Crippen LogP contribution in [0.1, 0.15) is 28.9 Å². The second kappa shape index (κ2) is 7.50. The molecule has 27 heavy (non-hydrogen) atoms. The second-order valence-electron chi connectivity index (χ2n) is 7.09. The molecule has 0 unspecified atom stereocenters. The van der Waals surface area contributed by atoms with Gasteiger partial charge in [-0.1, -0.05) is 12.1 Å². The van der Waals surface area contributed by atoms with Crippen molar-refractivity contribution in [1.29, 1.82) is 0 Å². The highest BCUT2D eigenvalue weighted by Crippen LogP contribution is 2.22. The predicted octanol–water partition coefficient (Wildman–Crippen LogP) is 2.49. The van der Waals surface area contributed by atoms with Gasteiger partial charge in [0.1, 0.15) is 5.82 Å². The van der Waals surface area contributed by atoms with Crippen molar-refractivity contribution in [3.63, 3.8) is 0 Å². The summed E-state index contributed by atoms with van der Waals surface area (Å²) in [5, 5.41) is 0. The van der Waals surface area contributed by atoms with Crippen molar-refractivity contribution < 1.29 is 9.18 Å². The van der Waals surface area contributed by atoms with E-state index in [1.807, 2.05) is 17.9 Å². The molecule has 0 bridgehead atoms. The number of carbonyl (C=O) groups excluding carboxylic acids is 1. The number of aryl methyl sites for hydroxylation is 1. The molecule has 0 aliphatic carbocycles. The summed E-state index contributed by atoms with van der Waals surface area (Å²) in [6, 6.07) is 6.77. The first-order valence-electron chi connectivity index (χ1n) is 9.51. The Bertz CT molecular complexity index is 829. The predicted molar refractivity (Wildman–Crippen MR) is 103 cm³/mol. The van der Waals surface area contributed by atoms with Crippen molar-refractivity contribution in [3.05, 3.63) is 47.5 Å². The van der Waals surface area contributed by atoms with Gasteiger partial charge in [0.15, 0.2) is 0 Å². The number of nitrogens with zero attached hydrogens (tertiary/aromatic N) is 5. The quantitative estimate of drug-likeness (QED) is 0.832. The summed E-state index contributed by atoms with van der Waals surface area (Å²) < 4.78 is 14.0. The number of carbonyl (C=O) groups is 1. The van der Waals surface area contributed by atoms with E-state index in [1.165, 1.54) is 6.07 Å². The molecular formula is C20H24FN5O. The molecule has 0 N–H and O–H groups in total. The fraction of sp³-hybridized carbons (Fsp3) is 0.450. The normalized spacial score (nSPS) is 17.5. The van der Waals surface area contributed by atoms with Gasteiger partial charge in [-0.3, -0.25) is 4.79 Å². The molecule has 2 fully saturated rings. The molecule has 2 aliphatic heterocycles. The van der Waals surface area contributed by atoms with Gasteiger partial charge in [0, 0.05) is 45.5 Å². The SMILES string of the molecule is Cc1nc(N2CCCC2)ncc1C(=O)N1CCN(c2ccccc2F)CC1. The number of amides is 1. The highest BCUT2D eigenvalue weighted by Gasteiger charge is 2.26. The first-order valence-corrected chi connectivity index (χ1v) is 9.51. The number of benzene rings is 1. The van der Waals surface area contributed by atoms with E-state index in [-0.39, 0.29) is 11.7 Å². The summed E-state index contributed by atoms with van der Waals surface area (Å²) in [5.74, 6) is 0.443. The molecule has 2 aromatic rings. The molecule has 0 radical (unpaired) electrons. The van der Waals surface area contributed by atoms with Crippen molar-refractivity contribution in [1.82, 2.24) is 14.9 Å². The molecule has 1 aromatic carbocycles. The Balaban J connectivity index is 1.43. The molecule has 6 nitrogen and oxygen atoms in total. The van der Waals surface area contributed by atoms with Gasteiger partial charge < -0.3 is 14.7 Å². The summed E-state index contributed by atoms with van der Waals surface area (Å²) >= 11 is 0. The number of piperazine rings is 1. The highest BCUT2D eigenvalue weighted by molar-refractivity contribution is 5.95. The van der Waals surface area contributed by atoms with Crippen LogP contribution in [0.5, 0.6) is 0 Å². The first kappa shape index (κ1) is 17.7. The van der Waals surface area contributed by atoms with Gasteiger partial charge in [-0.2, -0.15) is 0 Å². The Morgan fingerprint density at radius 3 is 2.37 bits per heavy atom. The van der Waals surface area contributed by atoms with Gasteiger partial charge in [-0.15, -0.1) is 0 Å². The van der Waals surface area contributed by atoms with Crippen LogP contribution in [0.15, 0.2) is 30.5 Å². The molecule has 2 saturated heterocycles. The van der Waals surface area contributed by atoms with Crippen molar-refractivity contribution >= 4 is 17.5 Å². The topological polar surface area (TPSA) is 52.6 Å². The average Bonchev–Trinajstić information content (AvgIpc) is 3.23. The van der Waals surface area contributed by atoms with Crippen LogP contribution in [0.2, 0.25) is 0 Å². The van der Waals surface area contributed by atoms with Gasteiger partial charge in [-0.05, 0) is 31.9 Å². The number of para-hydroxylation sites is 1. The summed E-state index contributed by atoms with van der Waals surface area (Å²) in [6.07, 6.45) is 3.98. The third-order valence-electron chi connectivity index (χ3n) is 5.35. The molecule has 1 aromatic heterocycles. The number of aromatic nitrogens is 2. The Morgan fingerprint density at radius 2 is 1.70 bits per heavy atom. The Morgan fingerprint density at radius 1 is 1.00 bits per heavy atom. The lowest BCUT2D eigenvalue weighted by Crippen LogP contribution is -2.49. The maximum atomic E-state index is 14.0. The van der Waals surface area contributed by atoms with Crippen LogP contribution in [-0.2, 0) is 0 Å². The molecule has 1 amide bonds. The molecule has 7 heteroatoms. The van der Waals surface area contributed by atoms with E-state index in [9.17, 15) is 9.18 Å². The third-order valence-corrected chi connectivity index (χ3v) is 5.35. The zero-order chi connectivity index (χ0) is 18.8. The Hall–Kier alpha value is -2.70. The van der Waals surface area contributed by atoms with Gasteiger partial charge >= 0.3 is 0 Å². The van der Waals surface area contributed by atoms with Crippen LogP contribution in [0, 0.1) is 12.7 Å². The molecular weight excluding hydrogens is 345 g/mol. The lowest BCUT2D eigenvalue weighted by atomic mass is 10.2. The maximum Gasteiger partial charge on any atom is 0.257 e. The van der Waals surface area contributed by atoms with Crippen LogP contribution in [0.25, 0.3) is 0 Å². The fourth-order valence-corrected chi connectivity index (χ4v) is 3.76. The van der Waals surface area contributed by atoms with E-state index < -0.39 is 0 Å². The number of halogens is 1. The van der Waals surface area contributed by atoms with E-state index >= 15 is 0 Å². The fourth-order valence-electron chi connectivity index (χ4n) is 3.76. The van der Waals surface area contributed by atoms with Gasteiger partial charge in [-0.25, -0.2) is 14.4 Å². The van der Waals surface area contributed by atoms with Crippen molar-refractivity contribution in [2.75, 3.05) is 49.1 Å². The van der Waals surface area contributed by atoms with Gasteiger partial charge in [0.25, 0.3) is 5.91 Å². The third kappa shape index (κ3) is 3.59. The van der Waals surface area contributed by atoms with Crippen molar-refractivity contribution in [3.8, 4) is 0 Å². The minimum Gasteiger partial charge on any atom is -0.366 e. The molecule has 3 heterocycles. The Labute approximate surface area is 158 Å². The van der Waals surface area contributed by atoms with Crippen LogP contribution < -0.4 is 9.80 Å². The number of anilines is 2.